The van der Waals surface area contributed by atoms with Crippen molar-refractivity contribution in [2.45, 2.75) is 38.6 Å². The Morgan fingerprint density at radius 1 is 0.971 bits per heavy atom. The van der Waals surface area contributed by atoms with Crippen LogP contribution in [0.2, 0.25) is 25.7 Å². The highest BCUT2D eigenvalue weighted by atomic mass is 28.3. The van der Waals surface area contributed by atoms with E-state index in [1.807, 2.05) is 12.1 Å². The van der Waals surface area contributed by atoms with E-state index in [4.69, 9.17) is 4.74 Å². The van der Waals surface area contributed by atoms with Crippen molar-refractivity contribution in [3.05, 3.63) is 72.3 Å². The number of nitrogens with zero attached hydrogens (tertiary/aromatic N) is 3. The van der Waals surface area contributed by atoms with E-state index in [1.54, 1.807) is 48.5 Å². The van der Waals surface area contributed by atoms with Crippen molar-refractivity contribution in [1.29, 1.82) is 0 Å². The second-order valence-corrected chi connectivity index (χ2v) is 14.9. The summed E-state index contributed by atoms with van der Waals surface area (Å²) in [5.41, 5.74) is 0.798. The Morgan fingerprint density at radius 3 is 2.24 bits per heavy atom. The zero-order valence-electron chi connectivity index (χ0n) is 19.4. The van der Waals surface area contributed by atoms with E-state index >= 15 is 0 Å². The van der Waals surface area contributed by atoms with Gasteiger partial charge in [-0.3, -0.25) is 0 Å². The van der Waals surface area contributed by atoms with Gasteiger partial charge in [-0.25, -0.2) is 9.67 Å². The van der Waals surface area contributed by atoms with Crippen LogP contribution in [0, 0.1) is 0 Å². The number of pyridine rings is 1. The van der Waals surface area contributed by atoms with Crippen LogP contribution in [-0.4, -0.2) is 29.4 Å². The molecule has 0 aliphatic rings. The third-order valence-electron chi connectivity index (χ3n) is 5.31. The molecular weight excluding hydrogens is 457 g/mol. The summed E-state index contributed by atoms with van der Waals surface area (Å²) < 4.78 is 50.0. The molecule has 0 spiro atoms. The number of fused-ring (bicyclic) bond motifs is 1. The molecule has 2 heterocycles. The quantitative estimate of drug-likeness (QED) is 0.213. The molecular formula is C25H27F3N4OSi. The van der Waals surface area contributed by atoms with Gasteiger partial charge in [-0.15, -0.1) is 0 Å². The molecule has 0 saturated carbocycles. The lowest BCUT2D eigenvalue weighted by atomic mass is 10.0. The molecule has 2 aromatic carbocycles. The highest BCUT2D eigenvalue weighted by Crippen LogP contribution is 2.40. The maximum atomic E-state index is 14.3. The fourth-order valence-electron chi connectivity index (χ4n) is 3.54. The van der Waals surface area contributed by atoms with Gasteiger partial charge in [-0.2, -0.15) is 18.3 Å². The molecule has 0 aliphatic carbocycles. The number of hydrogen-bond donors (Lipinski definition) is 1. The molecule has 2 aromatic heterocycles. The zero-order chi connectivity index (χ0) is 24.3. The topological polar surface area (TPSA) is 52.0 Å². The molecule has 5 nitrogen and oxygen atoms in total. The maximum Gasteiger partial charge on any atom is 0.417 e. The predicted octanol–water partition coefficient (Wildman–Crippen LogP) is 7.17. The Balaban J connectivity index is 1.83. The number of nitrogens with one attached hydrogen (secondary N) is 1. The van der Waals surface area contributed by atoms with Crippen molar-refractivity contribution in [3.8, 4) is 11.3 Å². The van der Waals surface area contributed by atoms with Gasteiger partial charge in [-0.1, -0.05) is 68.2 Å². The standard InChI is InChI=1S/C25H27F3N4OSi/c1-34(2,3)15-14-33-17-32-24-22(23(31-32)18-10-6-4-7-11-18)20(25(26,27)28)16-21(30-24)29-19-12-8-5-9-13-19/h4-13,16H,14-15,17H2,1-3H3,(H,29,30). The molecule has 0 saturated heterocycles. The largest absolute Gasteiger partial charge is 0.417 e. The lowest BCUT2D eigenvalue weighted by molar-refractivity contribution is -0.136. The summed E-state index contributed by atoms with van der Waals surface area (Å²) in [5.74, 6) is 0.0916. The monoisotopic (exact) mass is 484 g/mol. The third-order valence-corrected chi connectivity index (χ3v) is 7.02. The zero-order valence-corrected chi connectivity index (χ0v) is 20.4. The molecule has 4 aromatic rings. The molecule has 4 rings (SSSR count). The van der Waals surface area contributed by atoms with Crippen LogP contribution in [-0.2, 0) is 17.6 Å². The normalized spacial score (nSPS) is 12.3. The average Bonchev–Trinajstić information content (AvgIpc) is 3.14. The molecule has 0 atom stereocenters. The van der Waals surface area contributed by atoms with Crippen LogP contribution in [0.1, 0.15) is 5.56 Å². The predicted molar refractivity (Wildman–Crippen MR) is 132 cm³/mol. The number of halogens is 3. The smallest absolute Gasteiger partial charge is 0.359 e. The van der Waals surface area contributed by atoms with E-state index in [2.05, 4.69) is 35.0 Å². The van der Waals surface area contributed by atoms with Gasteiger partial charge in [0.1, 0.15) is 18.2 Å². The first kappa shape index (κ1) is 24.0. The van der Waals surface area contributed by atoms with Gasteiger partial charge in [0.25, 0.3) is 0 Å². The molecule has 0 bridgehead atoms. The number of rotatable bonds is 8. The van der Waals surface area contributed by atoms with Gasteiger partial charge in [0.05, 0.1) is 10.9 Å². The molecule has 0 amide bonds. The van der Waals surface area contributed by atoms with Crippen molar-refractivity contribution < 1.29 is 17.9 Å². The first-order valence-electron chi connectivity index (χ1n) is 11.1. The van der Waals surface area contributed by atoms with Crippen molar-refractivity contribution in [1.82, 2.24) is 14.8 Å². The van der Waals surface area contributed by atoms with Crippen LogP contribution in [0.4, 0.5) is 24.7 Å². The summed E-state index contributed by atoms with van der Waals surface area (Å²) in [7, 11) is -1.31. The Morgan fingerprint density at radius 2 is 1.62 bits per heavy atom. The highest BCUT2D eigenvalue weighted by molar-refractivity contribution is 6.76. The summed E-state index contributed by atoms with van der Waals surface area (Å²) in [6.07, 6.45) is -4.59. The van der Waals surface area contributed by atoms with Gasteiger partial charge in [0.15, 0.2) is 5.65 Å². The van der Waals surface area contributed by atoms with Crippen LogP contribution in [0.25, 0.3) is 22.3 Å². The number of alkyl halides is 3. The van der Waals surface area contributed by atoms with Crippen LogP contribution in [0.5, 0.6) is 0 Å². The summed E-state index contributed by atoms with van der Waals surface area (Å²) in [6, 6.07) is 19.8. The second-order valence-electron chi connectivity index (χ2n) is 9.30. The summed E-state index contributed by atoms with van der Waals surface area (Å²) in [6.45, 7) is 7.27. The minimum absolute atomic E-state index is 0.0207. The fraction of sp³-hybridized carbons (Fsp3) is 0.280. The Kier molecular flexibility index (Phi) is 6.76. The van der Waals surface area contributed by atoms with E-state index in [9.17, 15) is 13.2 Å². The summed E-state index contributed by atoms with van der Waals surface area (Å²) in [4.78, 5) is 4.54. The van der Waals surface area contributed by atoms with E-state index in [-0.39, 0.29) is 29.3 Å². The third kappa shape index (κ3) is 5.66. The van der Waals surface area contributed by atoms with Crippen molar-refractivity contribution in [2.24, 2.45) is 0 Å². The number of anilines is 2. The number of aromatic nitrogens is 3. The van der Waals surface area contributed by atoms with E-state index < -0.39 is 19.8 Å². The van der Waals surface area contributed by atoms with Gasteiger partial charge in [-0.05, 0) is 24.2 Å². The van der Waals surface area contributed by atoms with Gasteiger partial charge in [0.2, 0.25) is 0 Å². The number of hydrogen-bond acceptors (Lipinski definition) is 4. The first-order valence-corrected chi connectivity index (χ1v) is 14.8. The highest BCUT2D eigenvalue weighted by Gasteiger charge is 2.36. The SMILES string of the molecule is C[Si](C)(C)CCOCn1nc(-c2ccccc2)c2c(C(F)(F)F)cc(Nc3ccccc3)nc21. The molecule has 34 heavy (non-hydrogen) atoms. The number of benzene rings is 2. The van der Waals surface area contributed by atoms with E-state index in [0.29, 0.717) is 17.9 Å². The lowest BCUT2D eigenvalue weighted by Crippen LogP contribution is -2.22. The molecule has 0 radical (unpaired) electrons. The summed E-state index contributed by atoms with van der Waals surface area (Å²) >= 11 is 0. The molecule has 0 fully saturated rings. The van der Waals surface area contributed by atoms with Crippen LogP contribution >= 0.6 is 0 Å². The molecule has 178 valence electrons. The Bertz CT molecular complexity index is 1250. The van der Waals surface area contributed by atoms with E-state index in [1.165, 1.54) is 4.68 Å². The number of para-hydroxylation sites is 1. The van der Waals surface area contributed by atoms with Crippen molar-refractivity contribution >= 4 is 30.6 Å². The van der Waals surface area contributed by atoms with E-state index in [0.717, 1.165) is 12.1 Å². The molecule has 0 unspecified atom stereocenters. The minimum atomic E-state index is -4.59. The van der Waals surface area contributed by atoms with Gasteiger partial charge < -0.3 is 10.1 Å². The van der Waals surface area contributed by atoms with Crippen LogP contribution in [0.3, 0.4) is 0 Å². The minimum Gasteiger partial charge on any atom is -0.359 e. The lowest BCUT2D eigenvalue weighted by Gasteiger charge is -2.15. The fourth-order valence-corrected chi connectivity index (χ4v) is 4.30. The maximum absolute atomic E-state index is 14.3. The van der Waals surface area contributed by atoms with Crippen molar-refractivity contribution in [2.75, 3.05) is 11.9 Å². The Labute approximate surface area is 197 Å². The van der Waals surface area contributed by atoms with Gasteiger partial charge >= 0.3 is 6.18 Å². The molecule has 0 aliphatic heterocycles. The number of ether oxygens (including phenoxy) is 1. The molecule has 9 heteroatoms. The van der Waals surface area contributed by atoms with Crippen LogP contribution < -0.4 is 5.32 Å². The molecule has 1 N–H and O–H groups in total. The average molecular weight is 485 g/mol. The van der Waals surface area contributed by atoms with Crippen LogP contribution in [0.15, 0.2) is 66.7 Å². The second kappa shape index (κ2) is 9.59. The van der Waals surface area contributed by atoms with Crippen molar-refractivity contribution in [3.63, 3.8) is 0 Å². The van der Waals surface area contributed by atoms with Gasteiger partial charge in [0, 0.05) is 25.9 Å². The first-order chi connectivity index (χ1) is 16.1. The Hall–Kier alpha value is -3.17. The summed E-state index contributed by atoms with van der Waals surface area (Å²) in [5, 5.41) is 7.48.